The van der Waals surface area contributed by atoms with Crippen LogP contribution in [-0.2, 0) is 4.79 Å². The van der Waals surface area contributed by atoms with Crippen molar-refractivity contribution in [3.63, 3.8) is 0 Å². The molecule has 6 heteroatoms. The predicted molar refractivity (Wildman–Crippen MR) is 76.5 cm³/mol. The molecular formula is C11H14BrN3OS. The van der Waals surface area contributed by atoms with Crippen molar-refractivity contribution in [1.82, 2.24) is 10.9 Å². The first-order valence-electron chi connectivity index (χ1n) is 5.23. The molecule has 0 fully saturated rings. The lowest BCUT2D eigenvalue weighted by molar-refractivity contribution is -0.121. The Hall–Kier alpha value is -1.14. The summed E-state index contributed by atoms with van der Waals surface area (Å²) in [6.07, 6.45) is 1.29. The zero-order valence-corrected chi connectivity index (χ0v) is 11.8. The first kappa shape index (κ1) is 13.9. The van der Waals surface area contributed by atoms with Crippen molar-refractivity contribution in [3.05, 3.63) is 28.7 Å². The van der Waals surface area contributed by atoms with Gasteiger partial charge in [-0.05, 0) is 42.9 Å². The summed E-state index contributed by atoms with van der Waals surface area (Å²) in [7, 11) is 0. The van der Waals surface area contributed by atoms with Gasteiger partial charge in [0.2, 0.25) is 5.91 Å². The molecule has 0 aliphatic heterocycles. The highest BCUT2D eigenvalue weighted by Gasteiger charge is 2.00. The monoisotopic (exact) mass is 315 g/mol. The standard InChI is InChI=1S/C11H14BrN3OS/c1-2-3-10(16)14-15-11(17)13-9-6-4-8(12)5-7-9/h4-7H,2-3H2,1H3,(H,14,16)(H2,13,15,17). The highest BCUT2D eigenvalue weighted by molar-refractivity contribution is 9.10. The highest BCUT2D eigenvalue weighted by atomic mass is 79.9. The molecule has 0 aromatic heterocycles. The van der Waals surface area contributed by atoms with Crippen LogP contribution in [0.25, 0.3) is 0 Å². The van der Waals surface area contributed by atoms with E-state index in [2.05, 4.69) is 32.1 Å². The van der Waals surface area contributed by atoms with Crippen LogP contribution < -0.4 is 16.2 Å². The maximum Gasteiger partial charge on any atom is 0.238 e. The van der Waals surface area contributed by atoms with Gasteiger partial charge in [-0.3, -0.25) is 15.6 Å². The fraction of sp³-hybridized carbons (Fsp3) is 0.273. The third kappa shape index (κ3) is 5.65. The second-order valence-electron chi connectivity index (χ2n) is 3.38. The van der Waals surface area contributed by atoms with Crippen LogP contribution in [0.15, 0.2) is 28.7 Å². The maximum absolute atomic E-state index is 11.2. The molecule has 0 aliphatic rings. The van der Waals surface area contributed by atoms with Gasteiger partial charge >= 0.3 is 0 Å². The molecule has 0 bridgehead atoms. The number of amides is 1. The minimum atomic E-state index is -0.0764. The summed E-state index contributed by atoms with van der Waals surface area (Å²) in [5.41, 5.74) is 6.01. The zero-order chi connectivity index (χ0) is 12.7. The fourth-order valence-corrected chi connectivity index (χ4v) is 1.54. The molecule has 0 heterocycles. The van der Waals surface area contributed by atoms with Crippen LogP contribution in [-0.4, -0.2) is 11.0 Å². The van der Waals surface area contributed by atoms with Gasteiger partial charge < -0.3 is 5.32 Å². The summed E-state index contributed by atoms with van der Waals surface area (Å²) >= 11 is 8.37. The van der Waals surface area contributed by atoms with E-state index in [0.717, 1.165) is 16.6 Å². The van der Waals surface area contributed by atoms with E-state index in [-0.39, 0.29) is 5.91 Å². The molecule has 3 N–H and O–H groups in total. The molecule has 0 unspecified atom stereocenters. The second kappa shape index (κ2) is 7.24. The van der Waals surface area contributed by atoms with Crippen molar-refractivity contribution in [3.8, 4) is 0 Å². The Labute approximate surface area is 114 Å². The summed E-state index contributed by atoms with van der Waals surface area (Å²) in [5, 5.41) is 3.31. The summed E-state index contributed by atoms with van der Waals surface area (Å²) in [6.45, 7) is 1.94. The Kier molecular flexibility index (Phi) is 5.93. The summed E-state index contributed by atoms with van der Waals surface area (Å²) in [6, 6.07) is 7.57. The molecule has 1 rings (SSSR count). The molecule has 4 nitrogen and oxygen atoms in total. The number of halogens is 1. The first-order valence-corrected chi connectivity index (χ1v) is 6.43. The van der Waals surface area contributed by atoms with E-state index in [9.17, 15) is 4.79 Å². The fourth-order valence-electron chi connectivity index (χ4n) is 1.11. The van der Waals surface area contributed by atoms with Gasteiger partial charge in [-0.15, -0.1) is 0 Å². The molecule has 0 saturated heterocycles. The van der Waals surface area contributed by atoms with Gasteiger partial charge in [0.05, 0.1) is 0 Å². The zero-order valence-electron chi connectivity index (χ0n) is 9.42. The van der Waals surface area contributed by atoms with Crippen LogP contribution >= 0.6 is 28.1 Å². The number of carbonyl (C=O) groups is 1. The van der Waals surface area contributed by atoms with Crippen molar-refractivity contribution >= 4 is 44.9 Å². The van der Waals surface area contributed by atoms with Crippen molar-refractivity contribution in [2.45, 2.75) is 19.8 Å². The molecule has 0 saturated carbocycles. The number of carbonyl (C=O) groups excluding carboxylic acids is 1. The first-order chi connectivity index (χ1) is 8.11. The number of thiocarbonyl (C=S) groups is 1. The third-order valence-electron chi connectivity index (χ3n) is 1.89. The van der Waals surface area contributed by atoms with E-state index in [1.165, 1.54) is 0 Å². The van der Waals surface area contributed by atoms with Crippen LogP contribution in [0, 0.1) is 0 Å². The largest absolute Gasteiger partial charge is 0.331 e. The smallest absolute Gasteiger partial charge is 0.238 e. The van der Waals surface area contributed by atoms with Crippen LogP contribution in [0.1, 0.15) is 19.8 Å². The van der Waals surface area contributed by atoms with Crippen LogP contribution in [0.4, 0.5) is 5.69 Å². The molecule has 1 aromatic rings. The quantitative estimate of drug-likeness (QED) is 0.593. The van der Waals surface area contributed by atoms with Crippen molar-refractivity contribution in [2.75, 3.05) is 5.32 Å². The van der Waals surface area contributed by atoms with E-state index in [1.807, 2.05) is 31.2 Å². The van der Waals surface area contributed by atoms with E-state index in [1.54, 1.807) is 0 Å². The Morgan fingerprint density at radius 1 is 1.29 bits per heavy atom. The van der Waals surface area contributed by atoms with E-state index in [4.69, 9.17) is 12.2 Å². The van der Waals surface area contributed by atoms with Crippen molar-refractivity contribution in [1.29, 1.82) is 0 Å². The number of nitrogens with one attached hydrogen (secondary N) is 3. The van der Waals surface area contributed by atoms with Gasteiger partial charge in [0, 0.05) is 16.6 Å². The Balaban J connectivity index is 2.34. The van der Waals surface area contributed by atoms with Gasteiger partial charge in [-0.1, -0.05) is 22.9 Å². The van der Waals surface area contributed by atoms with E-state index < -0.39 is 0 Å². The Bertz CT molecular complexity index is 394. The topological polar surface area (TPSA) is 53.2 Å². The average molecular weight is 316 g/mol. The lowest BCUT2D eigenvalue weighted by atomic mass is 10.3. The predicted octanol–water partition coefficient (Wildman–Crippen LogP) is 2.57. The minimum Gasteiger partial charge on any atom is -0.331 e. The number of hydrogen-bond acceptors (Lipinski definition) is 2. The third-order valence-corrected chi connectivity index (χ3v) is 2.63. The molecular weight excluding hydrogens is 302 g/mol. The molecule has 1 amide bonds. The molecule has 92 valence electrons. The molecule has 17 heavy (non-hydrogen) atoms. The van der Waals surface area contributed by atoms with Gasteiger partial charge in [0.25, 0.3) is 0 Å². The van der Waals surface area contributed by atoms with Crippen LogP contribution in [0.2, 0.25) is 0 Å². The van der Waals surface area contributed by atoms with Gasteiger partial charge in [0.15, 0.2) is 5.11 Å². The number of hydrazine groups is 1. The van der Waals surface area contributed by atoms with E-state index in [0.29, 0.717) is 11.5 Å². The lowest BCUT2D eigenvalue weighted by Crippen LogP contribution is -2.43. The van der Waals surface area contributed by atoms with Crippen molar-refractivity contribution < 1.29 is 4.79 Å². The molecule has 0 spiro atoms. The summed E-state index contributed by atoms with van der Waals surface area (Å²) in [4.78, 5) is 11.2. The van der Waals surface area contributed by atoms with Gasteiger partial charge in [-0.2, -0.15) is 0 Å². The molecule has 0 radical (unpaired) electrons. The van der Waals surface area contributed by atoms with Crippen LogP contribution in [0.3, 0.4) is 0 Å². The number of rotatable bonds is 3. The Morgan fingerprint density at radius 3 is 2.53 bits per heavy atom. The molecule has 0 aliphatic carbocycles. The normalized spacial score (nSPS) is 9.53. The second-order valence-corrected chi connectivity index (χ2v) is 4.71. The van der Waals surface area contributed by atoms with E-state index >= 15 is 0 Å². The number of hydrogen-bond donors (Lipinski definition) is 3. The maximum atomic E-state index is 11.2. The van der Waals surface area contributed by atoms with Crippen LogP contribution in [0.5, 0.6) is 0 Å². The highest BCUT2D eigenvalue weighted by Crippen LogP contribution is 2.13. The minimum absolute atomic E-state index is 0.0764. The van der Waals surface area contributed by atoms with Gasteiger partial charge in [-0.25, -0.2) is 0 Å². The van der Waals surface area contributed by atoms with Gasteiger partial charge in [0.1, 0.15) is 0 Å². The lowest BCUT2D eigenvalue weighted by Gasteiger charge is -2.11. The summed E-state index contributed by atoms with van der Waals surface area (Å²) < 4.78 is 0.998. The molecule has 1 aromatic carbocycles. The average Bonchev–Trinajstić information content (AvgIpc) is 2.30. The Morgan fingerprint density at radius 2 is 1.94 bits per heavy atom. The molecule has 0 atom stereocenters. The SMILES string of the molecule is CCCC(=O)NNC(=S)Nc1ccc(Br)cc1. The number of benzene rings is 1. The summed E-state index contributed by atoms with van der Waals surface area (Å²) in [5.74, 6) is -0.0764. The number of anilines is 1. The van der Waals surface area contributed by atoms with Crippen molar-refractivity contribution in [2.24, 2.45) is 0 Å².